The maximum absolute atomic E-state index is 13.9. The highest BCUT2D eigenvalue weighted by Crippen LogP contribution is 2.61. The maximum atomic E-state index is 13.9. The van der Waals surface area contributed by atoms with E-state index in [0.29, 0.717) is 60.5 Å². The molecule has 6 fully saturated rings. The van der Waals surface area contributed by atoms with Gasteiger partial charge in [0.25, 0.3) is 0 Å². The molecule has 4 N–H and O–H groups in total. The van der Waals surface area contributed by atoms with Crippen molar-refractivity contribution in [2.24, 2.45) is 69.0 Å². The van der Waals surface area contributed by atoms with Gasteiger partial charge in [-0.15, -0.1) is 0 Å². The molecule has 6 rings (SSSR count). The standard InChI is InChI=1S/C70H106O8/c1-13-14-15-20-27-61(73)68(9,10)64(76)40-34-50(57-37-38-58-52(26-23-42-70(57,58)12)31-33-54-44-60(72)49(6)66(78)47(54)4)24-19-17-16-18-21-28-62(74)67(7,8)63(75)39-29-45(2)55-35-36-56-51(25-22-41-69(55,56)11)30-32-53-43-59(71)48(5)65(77)46(53)3/h29-34,39-40,45,48-50,55-60,65-66,71-72,77-78H,3-4,13-28,35-38,41-44H2,1-2,5-12H3/b39-29+,40-34+,51-30+,52-31+,53-32-,54-33-/t45-,48-,49-,50+,55+,56-,57+,58-,59+,60+,65+,66+,69+,70+/m0/s1. The summed E-state index contributed by atoms with van der Waals surface area (Å²) in [5, 5.41) is 42.7. The summed E-state index contributed by atoms with van der Waals surface area (Å²) in [6, 6.07) is 0. The molecule has 0 aliphatic heterocycles. The fourth-order valence-corrected chi connectivity index (χ4v) is 15.7. The lowest BCUT2D eigenvalue weighted by molar-refractivity contribution is -0.137. The third kappa shape index (κ3) is 14.4. The zero-order chi connectivity index (χ0) is 57.3. The van der Waals surface area contributed by atoms with Gasteiger partial charge in [-0.2, -0.15) is 0 Å². The molecule has 0 bridgehead atoms. The Morgan fingerprint density at radius 1 is 0.603 bits per heavy atom. The van der Waals surface area contributed by atoms with E-state index in [-0.39, 0.29) is 57.6 Å². The number of rotatable bonds is 25. The summed E-state index contributed by atoms with van der Waals surface area (Å²) in [7, 11) is 0. The molecule has 0 saturated heterocycles. The predicted molar refractivity (Wildman–Crippen MR) is 318 cm³/mol. The average molecular weight is 1080 g/mol. The number of carbonyl (C=O) groups excluding carboxylic acids is 4. The van der Waals surface area contributed by atoms with Gasteiger partial charge in [-0.1, -0.05) is 147 Å². The Morgan fingerprint density at radius 2 is 1.03 bits per heavy atom. The minimum Gasteiger partial charge on any atom is -0.392 e. The number of aliphatic hydroxyl groups is 4. The number of unbranched alkanes of at least 4 members (excludes halogenated alkanes) is 7. The molecule has 78 heavy (non-hydrogen) atoms. The number of carbonyl (C=O) groups is 4. The van der Waals surface area contributed by atoms with E-state index in [0.717, 1.165) is 140 Å². The van der Waals surface area contributed by atoms with Crippen LogP contribution < -0.4 is 0 Å². The number of fused-ring (bicyclic) bond motifs is 2. The third-order valence-electron chi connectivity index (χ3n) is 21.7. The first-order chi connectivity index (χ1) is 36.8. The van der Waals surface area contributed by atoms with E-state index >= 15 is 0 Å². The highest BCUT2D eigenvalue weighted by atomic mass is 16.3. The summed E-state index contributed by atoms with van der Waals surface area (Å²) >= 11 is 0. The molecule has 0 radical (unpaired) electrons. The summed E-state index contributed by atoms with van der Waals surface area (Å²) in [5.41, 5.74) is 4.17. The molecule has 0 aromatic rings. The number of Topliss-reactive ketones (excluding diaryl/α,β-unsaturated/α-hetero) is 2. The van der Waals surface area contributed by atoms with E-state index in [4.69, 9.17) is 0 Å². The van der Waals surface area contributed by atoms with Crippen LogP contribution in [0.3, 0.4) is 0 Å². The molecule has 8 heteroatoms. The molecule has 8 nitrogen and oxygen atoms in total. The van der Waals surface area contributed by atoms with Crippen molar-refractivity contribution >= 4 is 23.1 Å². The van der Waals surface area contributed by atoms with Crippen LogP contribution in [0.25, 0.3) is 0 Å². The largest absolute Gasteiger partial charge is 0.392 e. The van der Waals surface area contributed by atoms with Crippen molar-refractivity contribution in [1.29, 1.82) is 0 Å². The second kappa shape index (κ2) is 27.5. The fraction of sp³-hybridized carbons (Fsp3) is 0.714. The Morgan fingerprint density at radius 3 is 1.51 bits per heavy atom. The van der Waals surface area contributed by atoms with Crippen LogP contribution in [0, 0.1) is 69.0 Å². The van der Waals surface area contributed by atoms with E-state index in [1.54, 1.807) is 39.8 Å². The monoisotopic (exact) mass is 1070 g/mol. The van der Waals surface area contributed by atoms with Gasteiger partial charge < -0.3 is 20.4 Å². The van der Waals surface area contributed by atoms with Gasteiger partial charge in [0, 0.05) is 24.7 Å². The second-order valence-electron chi connectivity index (χ2n) is 27.4. The molecule has 6 aliphatic carbocycles. The first-order valence-corrected chi connectivity index (χ1v) is 31.2. The fourth-order valence-electron chi connectivity index (χ4n) is 15.7. The Hall–Kier alpha value is -3.56. The Kier molecular flexibility index (Phi) is 22.4. The minimum absolute atomic E-state index is 0.00386. The van der Waals surface area contributed by atoms with Gasteiger partial charge in [-0.05, 0) is 205 Å². The smallest absolute Gasteiger partial charge is 0.168 e. The topological polar surface area (TPSA) is 149 Å². The molecule has 6 aliphatic rings. The van der Waals surface area contributed by atoms with E-state index < -0.39 is 35.2 Å². The van der Waals surface area contributed by atoms with Crippen LogP contribution in [-0.2, 0) is 19.2 Å². The highest BCUT2D eigenvalue weighted by molar-refractivity contribution is 6.11. The van der Waals surface area contributed by atoms with Gasteiger partial charge in [0.05, 0.1) is 35.2 Å². The number of aliphatic hydroxyl groups excluding tert-OH is 4. The lowest BCUT2D eigenvalue weighted by Gasteiger charge is -2.44. The molecule has 0 heterocycles. The lowest BCUT2D eigenvalue weighted by Crippen LogP contribution is -2.37. The van der Waals surface area contributed by atoms with Gasteiger partial charge in [0.15, 0.2) is 11.6 Å². The van der Waals surface area contributed by atoms with Gasteiger partial charge >= 0.3 is 0 Å². The van der Waals surface area contributed by atoms with E-state index in [1.165, 1.54) is 11.1 Å². The van der Waals surface area contributed by atoms with Gasteiger partial charge in [0.2, 0.25) is 0 Å². The van der Waals surface area contributed by atoms with Crippen molar-refractivity contribution in [3.8, 4) is 0 Å². The van der Waals surface area contributed by atoms with Crippen LogP contribution in [0.4, 0.5) is 0 Å². The molecule has 0 spiro atoms. The summed E-state index contributed by atoms with van der Waals surface area (Å²) < 4.78 is 0. The van der Waals surface area contributed by atoms with E-state index in [9.17, 15) is 39.6 Å². The summed E-state index contributed by atoms with van der Waals surface area (Å²) in [6.07, 6.45) is 36.1. The van der Waals surface area contributed by atoms with Crippen LogP contribution in [0.15, 0.2) is 95.2 Å². The minimum atomic E-state index is -1.09. The van der Waals surface area contributed by atoms with Crippen LogP contribution >= 0.6 is 0 Å². The molecular formula is C70H106O8. The average Bonchev–Trinajstić information content (AvgIpc) is 4.02. The Labute approximate surface area is 472 Å². The number of ketones is 4. The zero-order valence-electron chi connectivity index (χ0n) is 50.4. The van der Waals surface area contributed by atoms with E-state index in [1.807, 2.05) is 13.8 Å². The Balaban J connectivity index is 1.03. The van der Waals surface area contributed by atoms with E-state index in [2.05, 4.69) is 77.3 Å². The molecule has 14 atom stereocenters. The third-order valence-corrected chi connectivity index (χ3v) is 21.7. The SMILES string of the molecule is C=C1/C(=C\C=C2/CCC[C@]3(C)[C@@H]([C@@H](C)/C=C/C(=O)C(C)(C)C(=O)CCCCCCC[C@H](/C=C/C(=O)C(C)(C)C(=O)CCCCCC)[C@H]4CC[C@H]5/C(=C/C=C6/C[C@@H](O)[C@H](C)[C@H](O)C6=C)CCC[C@]45C)CC[C@@H]23)C[C@@H](O)[C@H](C)[C@@H]1O. The van der Waals surface area contributed by atoms with Gasteiger partial charge in [0.1, 0.15) is 11.6 Å². The van der Waals surface area contributed by atoms with Gasteiger partial charge in [-0.3, -0.25) is 19.2 Å². The molecule has 0 unspecified atom stereocenters. The first-order valence-electron chi connectivity index (χ1n) is 31.2. The highest BCUT2D eigenvalue weighted by Gasteiger charge is 2.52. The van der Waals surface area contributed by atoms with Crippen molar-refractivity contribution in [2.45, 2.75) is 248 Å². The molecule has 0 aromatic carbocycles. The molecule has 434 valence electrons. The quantitative estimate of drug-likeness (QED) is 0.0401. The maximum Gasteiger partial charge on any atom is 0.168 e. The van der Waals surface area contributed by atoms with Crippen LogP contribution in [0.2, 0.25) is 0 Å². The summed E-state index contributed by atoms with van der Waals surface area (Å²) in [4.78, 5) is 54.8. The summed E-state index contributed by atoms with van der Waals surface area (Å²) in [6.45, 7) is 28.5. The predicted octanol–water partition coefficient (Wildman–Crippen LogP) is 15.2. The van der Waals surface area contributed by atoms with Crippen LogP contribution in [0.5, 0.6) is 0 Å². The van der Waals surface area contributed by atoms with Gasteiger partial charge in [-0.25, -0.2) is 0 Å². The molecule has 6 saturated carbocycles. The van der Waals surface area contributed by atoms with Crippen LogP contribution in [-0.4, -0.2) is 68.0 Å². The number of hydrogen-bond donors (Lipinski definition) is 4. The number of allylic oxidation sites excluding steroid dienone is 10. The van der Waals surface area contributed by atoms with Crippen molar-refractivity contribution < 1.29 is 39.6 Å². The first kappa shape index (κ1) is 63.6. The summed E-state index contributed by atoms with van der Waals surface area (Å²) in [5.74, 6) is 1.38. The zero-order valence-corrected chi connectivity index (χ0v) is 50.4. The van der Waals surface area contributed by atoms with Crippen molar-refractivity contribution in [1.82, 2.24) is 0 Å². The van der Waals surface area contributed by atoms with Crippen molar-refractivity contribution in [2.75, 3.05) is 0 Å². The number of hydrogen-bond acceptors (Lipinski definition) is 8. The lowest BCUT2D eigenvalue weighted by atomic mass is 9.60. The van der Waals surface area contributed by atoms with Crippen LogP contribution in [0.1, 0.15) is 223 Å². The Bertz CT molecular complexity index is 2350. The molecule has 0 aromatic heterocycles. The second-order valence-corrected chi connectivity index (χ2v) is 27.4. The normalized spacial score (nSPS) is 34.8. The van der Waals surface area contributed by atoms with Crippen molar-refractivity contribution in [3.05, 3.63) is 95.2 Å². The van der Waals surface area contributed by atoms with Crippen molar-refractivity contribution in [3.63, 3.8) is 0 Å². The molecule has 0 amide bonds. The molecular weight excluding hydrogens is 969 g/mol.